The summed E-state index contributed by atoms with van der Waals surface area (Å²) in [5, 5.41) is 2.62. The van der Waals surface area contributed by atoms with Gasteiger partial charge in [0.25, 0.3) is 11.1 Å². The topological polar surface area (TPSA) is 38.3 Å². The molecule has 0 spiro atoms. The van der Waals surface area contributed by atoms with Gasteiger partial charge in [0.2, 0.25) is 0 Å². The van der Waals surface area contributed by atoms with Crippen molar-refractivity contribution in [3.8, 4) is 0 Å². The fourth-order valence-corrected chi connectivity index (χ4v) is 1.01. The van der Waals surface area contributed by atoms with Crippen molar-refractivity contribution in [1.29, 1.82) is 0 Å². The lowest BCUT2D eigenvalue weighted by atomic mass is 10.0. The molecule has 3 nitrogen and oxygen atoms in total. The fourth-order valence-electron chi connectivity index (χ4n) is 0.734. The van der Waals surface area contributed by atoms with Crippen molar-refractivity contribution >= 4 is 23.3 Å². The van der Waals surface area contributed by atoms with Crippen LogP contribution in [0.15, 0.2) is 0 Å². The number of carbonyl (C=O) groups is 1. The van der Waals surface area contributed by atoms with Crippen molar-refractivity contribution in [1.82, 2.24) is 5.32 Å². The molecule has 0 bridgehead atoms. The molecule has 1 heterocycles. The van der Waals surface area contributed by atoms with Gasteiger partial charge in [-0.2, -0.15) is 0 Å². The van der Waals surface area contributed by atoms with Gasteiger partial charge >= 0.3 is 0 Å². The second kappa shape index (κ2) is 2.20. The Hall–Kier alpha value is -0.640. The zero-order chi connectivity index (χ0) is 7.78. The minimum atomic E-state index is -0.725. The van der Waals surface area contributed by atoms with Gasteiger partial charge in [0.05, 0.1) is 0 Å². The molecular weight excluding hydrogens is 150 g/mol. The molecule has 1 aliphatic heterocycles. The molecule has 1 atom stereocenters. The summed E-state index contributed by atoms with van der Waals surface area (Å²) in [7, 11) is 0. The summed E-state index contributed by atoms with van der Waals surface area (Å²) in [5.41, 5.74) is -0.725. The van der Waals surface area contributed by atoms with E-state index in [0.29, 0.717) is 6.42 Å². The van der Waals surface area contributed by atoms with Crippen LogP contribution in [0.5, 0.6) is 0 Å². The minimum absolute atomic E-state index is 0.139. The van der Waals surface area contributed by atoms with Gasteiger partial charge in [-0.05, 0) is 25.6 Å². The second-order valence-electron chi connectivity index (χ2n) is 2.43. The molecule has 4 heteroatoms. The lowest BCUT2D eigenvalue weighted by Gasteiger charge is -2.15. The van der Waals surface area contributed by atoms with Crippen molar-refractivity contribution in [2.45, 2.75) is 25.9 Å². The number of nitrogens with one attached hydrogen (secondary N) is 1. The number of hydrogen-bond donors (Lipinski definition) is 1. The first-order valence-electron chi connectivity index (χ1n) is 3.13. The van der Waals surface area contributed by atoms with Crippen molar-refractivity contribution in [3.05, 3.63) is 0 Å². The van der Waals surface area contributed by atoms with E-state index < -0.39 is 5.60 Å². The van der Waals surface area contributed by atoms with Crippen molar-refractivity contribution < 1.29 is 9.53 Å². The Morgan fingerprint density at radius 2 is 2.40 bits per heavy atom. The van der Waals surface area contributed by atoms with Crippen LogP contribution in [0.1, 0.15) is 20.3 Å². The summed E-state index contributed by atoms with van der Waals surface area (Å²) >= 11 is 4.66. The third-order valence-corrected chi connectivity index (χ3v) is 1.87. The van der Waals surface area contributed by atoms with Crippen LogP contribution in [-0.2, 0) is 9.53 Å². The summed E-state index contributed by atoms with van der Waals surface area (Å²) in [6, 6.07) is 0. The van der Waals surface area contributed by atoms with Crippen LogP contribution in [0.4, 0.5) is 0 Å². The molecule has 1 fully saturated rings. The zero-order valence-electron chi connectivity index (χ0n) is 5.93. The van der Waals surface area contributed by atoms with E-state index in [1.54, 1.807) is 6.92 Å². The number of rotatable bonds is 1. The number of amides is 1. The Morgan fingerprint density at radius 3 is 2.60 bits per heavy atom. The Morgan fingerprint density at radius 1 is 1.80 bits per heavy atom. The van der Waals surface area contributed by atoms with Crippen LogP contribution < -0.4 is 5.32 Å². The van der Waals surface area contributed by atoms with Gasteiger partial charge in [-0.25, -0.2) is 0 Å². The lowest BCUT2D eigenvalue weighted by Crippen LogP contribution is -2.34. The molecule has 1 aliphatic rings. The molecule has 10 heavy (non-hydrogen) atoms. The van der Waals surface area contributed by atoms with E-state index in [1.165, 1.54) is 0 Å². The first-order valence-corrected chi connectivity index (χ1v) is 3.54. The molecule has 1 saturated heterocycles. The molecule has 0 aliphatic carbocycles. The predicted octanol–water partition coefficient (Wildman–Crippen LogP) is 0.586. The lowest BCUT2D eigenvalue weighted by molar-refractivity contribution is -0.129. The van der Waals surface area contributed by atoms with Gasteiger partial charge < -0.3 is 4.74 Å². The van der Waals surface area contributed by atoms with Crippen LogP contribution in [0.2, 0.25) is 0 Å². The Kier molecular flexibility index (Phi) is 1.64. The molecule has 0 aromatic heterocycles. The van der Waals surface area contributed by atoms with Gasteiger partial charge in [0.1, 0.15) is 0 Å². The van der Waals surface area contributed by atoms with E-state index in [2.05, 4.69) is 17.5 Å². The monoisotopic (exact) mass is 159 g/mol. The standard InChI is InChI=1S/C6H9NO2S/c1-3-6(2)4(8)7-5(10)9-6/h3H2,1-2H3,(H,7,8,10). The highest BCUT2D eigenvalue weighted by atomic mass is 32.1. The molecule has 1 N–H and O–H groups in total. The van der Waals surface area contributed by atoms with Crippen molar-refractivity contribution in [2.24, 2.45) is 0 Å². The van der Waals surface area contributed by atoms with Crippen LogP contribution in [0.3, 0.4) is 0 Å². The molecule has 0 saturated carbocycles. The smallest absolute Gasteiger partial charge is 0.271 e. The highest BCUT2D eigenvalue weighted by molar-refractivity contribution is 7.80. The highest BCUT2D eigenvalue weighted by Gasteiger charge is 2.40. The zero-order valence-corrected chi connectivity index (χ0v) is 6.75. The third kappa shape index (κ3) is 0.988. The maximum atomic E-state index is 11.0. The van der Waals surface area contributed by atoms with E-state index in [0.717, 1.165) is 0 Å². The summed E-state index contributed by atoms with van der Waals surface area (Å²) in [6.45, 7) is 3.61. The van der Waals surface area contributed by atoms with Gasteiger partial charge in [0, 0.05) is 0 Å². The summed E-state index contributed by atoms with van der Waals surface area (Å²) < 4.78 is 5.08. The van der Waals surface area contributed by atoms with E-state index in [1.807, 2.05) is 6.92 Å². The SMILES string of the molecule is CCC1(C)OC(=S)NC1=O. The quantitative estimate of drug-likeness (QED) is 0.569. The molecule has 0 radical (unpaired) electrons. The number of ether oxygens (including phenoxy) is 1. The number of hydrogen-bond acceptors (Lipinski definition) is 3. The summed E-state index contributed by atoms with van der Waals surface area (Å²) in [5.74, 6) is -0.139. The minimum Gasteiger partial charge on any atom is -0.454 e. The molecule has 1 unspecified atom stereocenters. The third-order valence-electron chi connectivity index (χ3n) is 1.69. The maximum absolute atomic E-state index is 11.0. The second-order valence-corrected chi connectivity index (χ2v) is 2.80. The van der Waals surface area contributed by atoms with Gasteiger partial charge in [-0.1, -0.05) is 6.92 Å². The molecule has 0 aromatic carbocycles. The first kappa shape index (κ1) is 7.47. The average Bonchev–Trinajstić information content (AvgIpc) is 2.09. The summed E-state index contributed by atoms with van der Waals surface area (Å²) in [4.78, 5) is 11.0. The average molecular weight is 159 g/mol. The molecule has 0 aromatic rings. The number of thiocarbonyl (C=S) groups is 1. The molecular formula is C6H9NO2S. The van der Waals surface area contributed by atoms with E-state index >= 15 is 0 Å². The van der Waals surface area contributed by atoms with Crippen LogP contribution >= 0.6 is 12.2 Å². The normalized spacial score (nSPS) is 31.8. The Balaban J connectivity index is 2.80. The highest BCUT2D eigenvalue weighted by Crippen LogP contribution is 2.20. The van der Waals surface area contributed by atoms with Crippen LogP contribution in [0, 0.1) is 0 Å². The number of carbonyl (C=O) groups excluding carboxylic acids is 1. The van der Waals surface area contributed by atoms with E-state index in [9.17, 15) is 4.79 Å². The Bertz CT molecular complexity index is 192. The largest absolute Gasteiger partial charge is 0.454 e. The summed E-state index contributed by atoms with van der Waals surface area (Å²) in [6.07, 6.45) is 0.638. The molecule has 1 rings (SSSR count). The van der Waals surface area contributed by atoms with Crippen LogP contribution in [-0.4, -0.2) is 16.7 Å². The van der Waals surface area contributed by atoms with Gasteiger partial charge in [0.15, 0.2) is 5.60 Å². The molecule has 1 amide bonds. The van der Waals surface area contributed by atoms with E-state index in [4.69, 9.17) is 4.74 Å². The fraction of sp³-hybridized carbons (Fsp3) is 0.667. The predicted molar refractivity (Wildman–Crippen MR) is 40.5 cm³/mol. The van der Waals surface area contributed by atoms with Crippen molar-refractivity contribution in [3.63, 3.8) is 0 Å². The van der Waals surface area contributed by atoms with Crippen molar-refractivity contribution in [2.75, 3.05) is 0 Å². The van der Waals surface area contributed by atoms with Gasteiger partial charge in [-0.15, -0.1) is 0 Å². The van der Waals surface area contributed by atoms with Gasteiger partial charge in [-0.3, -0.25) is 10.1 Å². The van der Waals surface area contributed by atoms with E-state index in [-0.39, 0.29) is 11.1 Å². The molecule has 56 valence electrons. The maximum Gasteiger partial charge on any atom is 0.271 e. The van der Waals surface area contributed by atoms with Crippen LogP contribution in [0.25, 0.3) is 0 Å². The Labute approximate surface area is 64.7 Å². The first-order chi connectivity index (χ1) is 4.58.